The molecular formula is C17H15ClN2. The van der Waals surface area contributed by atoms with Gasteiger partial charge in [0.15, 0.2) is 0 Å². The van der Waals surface area contributed by atoms with Gasteiger partial charge in [-0.25, -0.2) is 0 Å². The fraction of sp³-hybridized carbons (Fsp3) is 0.118. The Morgan fingerprint density at radius 2 is 1.85 bits per heavy atom. The Labute approximate surface area is 123 Å². The van der Waals surface area contributed by atoms with Crippen LogP contribution in [0.3, 0.4) is 0 Å². The maximum Gasteiger partial charge on any atom is 0.0580 e. The molecule has 20 heavy (non-hydrogen) atoms. The van der Waals surface area contributed by atoms with Crippen LogP contribution in [0.25, 0.3) is 10.8 Å². The predicted molar refractivity (Wildman–Crippen MR) is 84.1 cm³/mol. The summed E-state index contributed by atoms with van der Waals surface area (Å²) in [5.74, 6) is 0. The molecule has 0 radical (unpaired) electrons. The van der Waals surface area contributed by atoms with Crippen LogP contribution in [0, 0.1) is 0 Å². The van der Waals surface area contributed by atoms with Crippen molar-refractivity contribution in [1.29, 1.82) is 0 Å². The molecule has 0 aliphatic carbocycles. The van der Waals surface area contributed by atoms with Crippen LogP contribution in [0.15, 0.2) is 60.9 Å². The minimum absolute atomic E-state index is 0.137. The summed E-state index contributed by atoms with van der Waals surface area (Å²) in [5, 5.41) is 6.51. The van der Waals surface area contributed by atoms with Gasteiger partial charge in [-0.15, -0.1) is 0 Å². The number of nitrogens with one attached hydrogen (secondary N) is 1. The predicted octanol–water partition coefficient (Wildman–Crippen LogP) is 4.20. The molecule has 0 saturated carbocycles. The molecule has 0 spiro atoms. The Morgan fingerprint density at radius 1 is 1.05 bits per heavy atom. The highest BCUT2D eigenvalue weighted by atomic mass is 35.5. The second-order valence-corrected chi connectivity index (χ2v) is 5.15. The van der Waals surface area contributed by atoms with Crippen molar-refractivity contribution >= 4 is 22.4 Å². The lowest BCUT2D eigenvalue weighted by Crippen LogP contribution is -2.17. The molecule has 1 atom stereocenters. The molecule has 100 valence electrons. The van der Waals surface area contributed by atoms with Crippen molar-refractivity contribution in [3.8, 4) is 0 Å². The first-order chi connectivity index (χ1) is 9.79. The fourth-order valence-electron chi connectivity index (χ4n) is 2.56. The second-order valence-electron chi connectivity index (χ2n) is 4.72. The average molecular weight is 283 g/mol. The highest BCUT2D eigenvalue weighted by Gasteiger charge is 2.14. The van der Waals surface area contributed by atoms with E-state index < -0.39 is 0 Å². The summed E-state index contributed by atoms with van der Waals surface area (Å²) < 4.78 is 0. The summed E-state index contributed by atoms with van der Waals surface area (Å²) in [7, 11) is 1.97. The van der Waals surface area contributed by atoms with E-state index in [4.69, 9.17) is 11.6 Å². The lowest BCUT2D eigenvalue weighted by molar-refractivity contribution is 0.697. The van der Waals surface area contributed by atoms with E-state index in [0.29, 0.717) is 0 Å². The normalized spacial score (nSPS) is 12.5. The summed E-state index contributed by atoms with van der Waals surface area (Å²) in [4.78, 5) is 4.19. The van der Waals surface area contributed by atoms with Gasteiger partial charge in [0.2, 0.25) is 0 Å². The Balaban J connectivity index is 2.14. The van der Waals surface area contributed by atoms with Gasteiger partial charge in [-0.1, -0.05) is 41.9 Å². The molecule has 0 saturated heterocycles. The van der Waals surface area contributed by atoms with Gasteiger partial charge in [-0.2, -0.15) is 0 Å². The Kier molecular flexibility index (Phi) is 3.68. The van der Waals surface area contributed by atoms with Crippen LogP contribution in [0.2, 0.25) is 5.02 Å². The largest absolute Gasteiger partial charge is 0.309 e. The standard InChI is InChI=1S/C17H15ClN2/c1-19-17(12-5-7-14(18)8-6-12)16-4-2-3-13-11-20-10-9-15(13)16/h2-11,17,19H,1H3. The molecule has 0 bridgehead atoms. The molecule has 0 fully saturated rings. The second kappa shape index (κ2) is 5.61. The van der Waals surface area contributed by atoms with Crippen LogP contribution >= 0.6 is 11.6 Å². The lowest BCUT2D eigenvalue weighted by Gasteiger charge is -2.19. The summed E-state index contributed by atoms with van der Waals surface area (Å²) in [5.41, 5.74) is 2.44. The topological polar surface area (TPSA) is 24.9 Å². The van der Waals surface area contributed by atoms with Gasteiger partial charge >= 0.3 is 0 Å². The highest BCUT2D eigenvalue weighted by molar-refractivity contribution is 6.30. The quantitative estimate of drug-likeness (QED) is 0.779. The Bertz CT molecular complexity index is 717. The van der Waals surface area contributed by atoms with Crippen LogP contribution in [-0.4, -0.2) is 12.0 Å². The van der Waals surface area contributed by atoms with Crippen LogP contribution in [0.1, 0.15) is 17.2 Å². The number of rotatable bonds is 3. The third-order valence-corrected chi connectivity index (χ3v) is 3.77. The summed E-state index contributed by atoms with van der Waals surface area (Å²) in [6.45, 7) is 0. The minimum Gasteiger partial charge on any atom is -0.309 e. The molecule has 1 heterocycles. The SMILES string of the molecule is CNC(c1ccc(Cl)cc1)c1cccc2cnccc12. The van der Waals surface area contributed by atoms with Gasteiger partial charge in [0, 0.05) is 22.8 Å². The summed E-state index contributed by atoms with van der Waals surface area (Å²) >= 11 is 5.97. The maximum atomic E-state index is 5.97. The average Bonchev–Trinajstić information content (AvgIpc) is 2.50. The molecule has 2 aromatic carbocycles. The van der Waals surface area contributed by atoms with Crippen molar-refractivity contribution < 1.29 is 0 Å². The third kappa shape index (κ3) is 2.40. The van der Waals surface area contributed by atoms with Crippen molar-refractivity contribution in [2.45, 2.75) is 6.04 Å². The van der Waals surface area contributed by atoms with E-state index in [0.717, 1.165) is 10.4 Å². The third-order valence-electron chi connectivity index (χ3n) is 3.52. The van der Waals surface area contributed by atoms with Crippen molar-refractivity contribution in [3.05, 3.63) is 77.1 Å². The zero-order chi connectivity index (χ0) is 13.9. The van der Waals surface area contributed by atoms with Crippen molar-refractivity contribution in [1.82, 2.24) is 10.3 Å². The number of hydrogen-bond acceptors (Lipinski definition) is 2. The number of fused-ring (bicyclic) bond motifs is 1. The van der Waals surface area contributed by atoms with Gasteiger partial charge in [0.25, 0.3) is 0 Å². The molecule has 1 N–H and O–H groups in total. The number of nitrogens with zero attached hydrogens (tertiary/aromatic N) is 1. The molecule has 3 rings (SSSR count). The smallest absolute Gasteiger partial charge is 0.0580 e. The molecular weight excluding hydrogens is 268 g/mol. The highest BCUT2D eigenvalue weighted by Crippen LogP contribution is 2.28. The van der Waals surface area contributed by atoms with Crippen LogP contribution in [0.4, 0.5) is 0 Å². The summed E-state index contributed by atoms with van der Waals surface area (Å²) in [6.07, 6.45) is 3.73. The van der Waals surface area contributed by atoms with Gasteiger partial charge in [-0.05, 0) is 41.8 Å². The molecule has 0 amide bonds. The zero-order valence-corrected chi connectivity index (χ0v) is 11.9. The number of benzene rings is 2. The molecule has 1 aromatic heterocycles. The van der Waals surface area contributed by atoms with E-state index in [2.05, 4.69) is 46.7 Å². The lowest BCUT2D eigenvalue weighted by atomic mass is 9.94. The number of hydrogen-bond donors (Lipinski definition) is 1. The van der Waals surface area contributed by atoms with Crippen LogP contribution in [0.5, 0.6) is 0 Å². The molecule has 3 heteroatoms. The molecule has 2 nitrogen and oxygen atoms in total. The van der Waals surface area contributed by atoms with Crippen LogP contribution < -0.4 is 5.32 Å². The van der Waals surface area contributed by atoms with E-state index in [1.807, 2.05) is 31.6 Å². The van der Waals surface area contributed by atoms with Crippen molar-refractivity contribution in [2.75, 3.05) is 7.05 Å². The van der Waals surface area contributed by atoms with E-state index in [-0.39, 0.29) is 6.04 Å². The maximum absolute atomic E-state index is 5.97. The van der Waals surface area contributed by atoms with E-state index in [9.17, 15) is 0 Å². The molecule has 1 unspecified atom stereocenters. The monoisotopic (exact) mass is 282 g/mol. The van der Waals surface area contributed by atoms with E-state index in [1.54, 1.807) is 0 Å². The first-order valence-corrected chi connectivity index (χ1v) is 6.93. The zero-order valence-electron chi connectivity index (χ0n) is 11.2. The number of aromatic nitrogens is 1. The van der Waals surface area contributed by atoms with Crippen LogP contribution in [-0.2, 0) is 0 Å². The first kappa shape index (κ1) is 13.1. The molecule has 0 aliphatic rings. The molecule has 0 aliphatic heterocycles. The number of halogens is 1. The Hall–Kier alpha value is -1.90. The van der Waals surface area contributed by atoms with Gasteiger partial charge in [-0.3, -0.25) is 4.98 Å². The van der Waals surface area contributed by atoms with Gasteiger partial charge in [0.1, 0.15) is 0 Å². The van der Waals surface area contributed by atoms with E-state index >= 15 is 0 Å². The Morgan fingerprint density at radius 3 is 2.60 bits per heavy atom. The molecule has 3 aromatic rings. The van der Waals surface area contributed by atoms with Crippen molar-refractivity contribution in [3.63, 3.8) is 0 Å². The fourth-order valence-corrected chi connectivity index (χ4v) is 2.68. The van der Waals surface area contributed by atoms with Gasteiger partial charge < -0.3 is 5.32 Å². The first-order valence-electron chi connectivity index (χ1n) is 6.55. The van der Waals surface area contributed by atoms with E-state index in [1.165, 1.54) is 16.5 Å². The van der Waals surface area contributed by atoms with Gasteiger partial charge in [0.05, 0.1) is 6.04 Å². The minimum atomic E-state index is 0.137. The summed E-state index contributed by atoms with van der Waals surface area (Å²) in [6, 6.07) is 16.5. The van der Waals surface area contributed by atoms with Crippen molar-refractivity contribution in [2.24, 2.45) is 0 Å². The number of pyridine rings is 1.